The average molecular weight is 279 g/mol. The van der Waals surface area contributed by atoms with E-state index in [4.69, 9.17) is 4.74 Å². The Morgan fingerprint density at radius 3 is 2.20 bits per heavy atom. The van der Waals surface area contributed by atoms with E-state index in [0.29, 0.717) is 13.0 Å². The number of hydrogen-bond donors (Lipinski definition) is 2. The fourth-order valence-corrected chi connectivity index (χ4v) is 2.07. The topological polar surface area (TPSA) is 41.5 Å². The molecule has 0 heterocycles. The zero-order valence-electron chi connectivity index (χ0n) is 13.7. The Balaban J connectivity index is 2.71. The Bertz CT molecular complexity index is 410. The van der Waals surface area contributed by atoms with E-state index in [1.165, 1.54) is 5.56 Å². The van der Waals surface area contributed by atoms with Gasteiger partial charge in [0.2, 0.25) is 0 Å². The lowest BCUT2D eigenvalue weighted by Crippen LogP contribution is -2.35. The van der Waals surface area contributed by atoms with Crippen LogP contribution in [0.15, 0.2) is 12.1 Å². The number of ether oxygens (including phenoxy) is 1. The molecule has 0 saturated carbocycles. The van der Waals surface area contributed by atoms with Gasteiger partial charge in [0.15, 0.2) is 0 Å². The molecular formula is C17H29NO2. The van der Waals surface area contributed by atoms with Gasteiger partial charge in [-0.15, -0.1) is 0 Å². The second kappa shape index (κ2) is 7.09. The quantitative estimate of drug-likeness (QED) is 0.839. The summed E-state index contributed by atoms with van der Waals surface area (Å²) in [6, 6.07) is 4.34. The summed E-state index contributed by atoms with van der Waals surface area (Å²) >= 11 is 0. The van der Waals surface area contributed by atoms with Gasteiger partial charge in [0.1, 0.15) is 5.75 Å². The van der Waals surface area contributed by atoms with Crippen LogP contribution < -0.4 is 10.1 Å². The highest BCUT2D eigenvalue weighted by atomic mass is 16.5. The van der Waals surface area contributed by atoms with E-state index in [1.54, 1.807) is 6.92 Å². The lowest BCUT2D eigenvalue weighted by Gasteiger charge is -2.21. The van der Waals surface area contributed by atoms with Crippen molar-refractivity contribution < 1.29 is 9.84 Å². The Morgan fingerprint density at radius 2 is 1.75 bits per heavy atom. The molecule has 0 aliphatic carbocycles. The van der Waals surface area contributed by atoms with Gasteiger partial charge in [0.05, 0.1) is 12.7 Å². The lowest BCUT2D eigenvalue weighted by molar-refractivity contribution is 0.155. The number of aliphatic hydroxyl groups is 1. The van der Waals surface area contributed by atoms with E-state index in [2.05, 4.69) is 52.1 Å². The monoisotopic (exact) mass is 279 g/mol. The van der Waals surface area contributed by atoms with Gasteiger partial charge in [-0.25, -0.2) is 0 Å². The summed E-state index contributed by atoms with van der Waals surface area (Å²) in [5, 5.41) is 12.8. The first-order valence-electron chi connectivity index (χ1n) is 7.35. The maximum atomic E-state index is 9.27. The summed E-state index contributed by atoms with van der Waals surface area (Å²) in [7, 11) is 0. The first-order chi connectivity index (χ1) is 9.19. The van der Waals surface area contributed by atoms with Crippen LogP contribution >= 0.6 is 0 Å². The summed E-state index contributed by atoms with van der Waals surface area (Å²) in [5.74, 6) is 0.949. The molecule has 2 N–H and O–H groups in total. The van der Waals surface area contributed by atoms with Crippen molar-refractivity contribution in [3.63, 3.8) is 0 Å². The minimum atomic E-state index is -0.314. The molecule has 0 fully saturated rings. The Labute approximate surface area is 123 Å². The number of aryl methyl sites for hydroxylation is 2. The third kappa shape index (κ3) is 5.93. The highest BCUT2D eigenvalue weighted by molar-refractivity contribution is 5.43. The van der Waals surface area contributed by atoms with Crippen LogP contribution in [0.5, 0.6) is 5.75 Å². The van der Waals surface area contributed by atoms with Crippen LogP contribution in [0, 0.1) is 13.8 Å². The molecule has 0 radical (unpaired) electrons. The van der Waals surface area contributed by atoms with Crippen molar-refractivity contribution >= 4 is 0 Å². The first kappa shape index (κ1) is 17.0. The molecule has 0 bridgehead atoms. The van der Waals surface area contributed by atoms with E-state index in [1.807, 2.05) is 0 Å². The Morgan fingerprint density at radius 1 is 1.20 bits per heavy atom. The highest BCUT2D eigenvalue weighted by Gasteiger charge is 2.11. The molecule has 0 aliphatic rings. The molecule has 3 nitrogen and oxygen atoms in total. The van der Waals surface area contributed by atoms with E-state index in [-0.39, 0.29) is 11.6 Å². The minimum Gasteiger partial charge on any atom is -0.493 e. The summed E-state index contributed by atoms with van der Waals surface area (Å²) in [5.41, 5.74) is 3.70. The molecule has 0 aliphatic heterocycles. The number of nitrogens with one attached hydrogen (secondary N) is 1. The van der Waals surface area contributed by atoms with E-state index < -0.39 is 0 Å². The second-order valence-corrected chi connectivity index (χ2v) is 6.65. The van der Waals surface area contributed by atoms with Gasteiger partial charge in [-0.1, -0.05) is 12.1 Å². The fourth-order valence-electron chi connectivity index (χ4n) is 2.07. The van der Waals surface area contributed by atoms with Crippen LogP contribution in [0.3, 0.4) is 0 Å². The normalized spacial score (nSPS) is 13.3. The first-order valence-corrected chi connectivity index (χ1v) is 7.35. The summed E-state index contributed by atoms with van der Waals surface area (Å²) in [4.78, 5) is 0. The molecule has 20 heavy (non-hydrogen) atoms. The second-order valence-electron chi connectivity index (χ2n) is 6.65. The third-order valence-corrected chi connectivity index (χ3v) is 3.12. The zero-order chi connectivity index (χ0) is 15.3. The fraction of sp³-hybridized carbons (Fsp3) is 0.647. The molecule has 1 rings (SSSR count). The summed E-state index contributed by atoms with van der Waals surface area (Å²) in [6.07, 6.45) is 0.345. The van der Waals surface area contributed by atoms with Crippen molar-refractivity contribution in [3.8, 4) is 5.75 Å². The molecule has 1 aromatic carbocycles. The molecule has 0 spiro atoms. The van der Waals surface area contributed by atoms with Gasteiger partial charge in [-0.3, -0.25) is 0 Å². The molecule has 114 valence electrons. The van der Waals surface area contributed by atoms with Crippen molar-refractivity contribution in [1.82, 2.24) is 5.32 Å². The zero-order valence-corrected chi connectivity index (χ0v) is 13.7. The van der Waals surface area contributed by atoms with E-state index >= 15 is 0 Å². The molecular weight excluding hydrogens is 250 g/mol. The predicted octanol–water partition coefficient (Wildman–Crippen LogP) is 3.34. The van der Waals surface area contributed by atoms with Gasteiger partial charge in [0, 0.05) is 18.5 Å². The summed E-state index contributed by atoms with van der Waals surface area (Å²) < 4.78 is 5.80. The minimum absolute atomic E-state index is 0.119. The molecule has 1 aromatic rings. The number of aliphatic hydroxyl groups excluding tert-OH is 1. The van der Waals surface area contributed by atoms with Gasteiger partial charge in [0.25, 0.3) is 0 Å². The van der Waals surface area contributed by atoms with Crippen LogP contribution in [0.4, 0.5) is 0 Å². The molecule has 0 saturated heterocycles. The van der Waals surface area contributed by atoms with Crippen LogP contribution in [0.1, 0.15) is 50.8 Å². The smallest absolute Gasteiger partial charge is 0.125 e. The molecule has 1 atom stereocenters. The van der Waals surface area contributed by atoms with Crippen molar-refractivity contribution in [2.45, 2.75) is 66.2 Å². The predicted molar refractivity (Wildman–Crippen MR) is 84.3 cm³/mol. The van der Waals surface area contributed by atoms with Gasteiger partial charge >= 0.3 is 0 Å². The largest absolute Gasteiger partial charge is 0.493 e. The van der Waals surface area contributed by atoms with Crippen molar-refractivity contribution in [1.29, 1.82) is 0 Å². The number of rotatable bonds is 6. The van der Waals surface area contributed by atoms with Crippen LogP contribution in [-0.4, -0.2) is 23.4 Å². The molecule has 3 heteroatoms. The van der Waals surface area contributed by atoms with Crippen molar-refractivity contribution in [2.24, 2.45) is 0 Å². The summed E-state index contributed by atoms with van der Waals surface area (Å²) in [6.45, 7) is 13.8. The van der Waals surface area contributed by atoms with Crippen LogP contribution in [0.25, 0.3) is 0 Å². The van der Waals surface area contributed by atoms with Gasteiger partial charge in [-0.2, -0.15) is 0 Å². The van der Waals surface area contributed by atoms with Crippen molar-refractivity contribution in [3.05, 3.63) is 28.8 Å². The lowest BCUT2D eigenvalue weighted by atomic mass is 10.0. The Hall–Kier alpha value is -1.06. The highest BCUT2D eigenvalue weighted by Crippen LogP contribution is 2.25. The van der Waals surface area contributed by atoms with Crippen molar-refractivity contribution in [2.75, 3.05) is 6.61 Å². The number of hydrogen-bond acceptors (Lipinski definition) is 3. The van der Waals surface area contributed by atoms with Gasteiger partial charge < -0.3 is 15.2 Å². The Kier molecular flexibility index (Phi) is 6.03. The maximum absolute atomic E-state index is 9.27. The third-order valence-electron chi connectivity index (χ3n) is 3.12. The van der Waals surface area contributed by atoms with Crippen LogP contribution in [0.2, 0.25) is 0 Å². The number of benzene rings is 1. The van der Waals surface area contributed by atoms with E-state index in [9.17, 15) is 5.11 Å². The molecule has 0 aromatic heterocycles. The SMILES string of the molecule is Cc1cc(CNC(C)(C)C)cc(C)c1OCCC(C)O. The van der Waals surface area contributed by atoms with Gasteiger partial charge in [-0.05, 0) is 58.2 Å². The standard InChI is InChI=1S/C17H29NO2/c1-12-9-15(11-18-17(4,5)6)10-13(2)16(12)20-8-7-14(3)19/h9-10,14,18-19H,7-8,11H2,1-6H3. The molecule has 1 unspecified atom stereocenters. The van der Waals surface area contributed by atoms with E-state index in [0.717, 1.165) is 23.4 Å². The van der Waals surface area contributed by atoms with Crippen LogP contribution in [-0.2, 0) is 6.54 Å². The molecule has 0 amide bonds. The maximum Gasteiger partial charge on any atom is 0.125 e. The average Bonchev–Trinajstić information content (AvgIpc) is 2.29.